The zero-order valence-electron chi connectivity index (χ0n) is 5.50. The van der Waals surface area contributed by atoms with Gasteiger partial charge in [-0.1, -0.05) is 18.3 Å². The number of hydrogen-bond acceptors (Lipinski definition) is 2. The monoisotopic (exact) mass is 152 g/mol. The Labute approximate surface area is 64.6 Å². The first-order valence-corrected chi connectivity index (χ1v) is 3.39. The lowest BCUT2D eigenvalue weighted by molar-refractivity contribution is 0.939. The van der Waals surface area contributed by atoms with Crippen LogP contribution in [0.4, 0.5) is 0 Å². The van der Waals surface area contributed by atoms with E-state index in [9.17, 15) is 0 Å². The van der Waals surface area contributed by atoms with Crippen molar-refractivity contribution in [3.05, 3.63) is 35.1 Å². The Balaban J connectivity index is 2.89. The van der Waals surface area contributed by atoms with Crippen LogP contribution in [0.2, 0.25) is 0 Å². The SMILES string of the molecule is C=CCc1ccc(=S)[nH]n1. The largest absolute Gasteiger partial charge is 0.268 e. The van der Waals surface area contributed by atoms with E-state index < -0.39 is 0 Å². The summed E-state index contributed by atoms with van der Waals surface area (Å²) < 4.78 is 0.660. The predicted octanol–water partition coefficient (Wildman–Crippen LogP) is 1.87. The molecule has 3 heteroatoms. The van der Waals surface area contributed by atoms with Gasteiger partial charge < -0.3 is 0 Å². The van der Waals surface area contributed by atoms with Crippen LogP contribution in [0.15, 0.2) is 24.8 Å². The van der Waals surface area contributed by atoms with E-state index in [4.69, 9.17) is 12.2 Å². The van der Waals surface area contributed by atoms with Crippen LogP contribution in [-0.4, -0.2) is 10.2 Å². The fourth-order valence-corrected chi connectivity index (χ4v) is 0.749. The molecule has 0 amide bonds. The highest BCUT2D eigenvalue weighted by Gasteiger charge is 1.86. The van der Waals surface area contributed by atoms with Crippen LogP contribution in [0.1, 0.15) is 5.69 Å². The van der Waals surface area contributed by atoms with E-state index in [2.05, 4.69) is 16.8 Å². The number of H-pyrrole nitrogens is 1. The third kappa shape index (κ3) is 1.77. The fourth-order valence-electron chi connectivity index (χ4n) is 0.635. The van der Waals surface area contributed by atoms with Crippen LogP contribution in [0.25, 0.3) is 0 Å². The average Bonchev–Trinajstić information content (AvgIpc) is 1.95. The number of nitrogens with one attached hydrogen (secondary N) is 1. The molecule has 1 rings (SSSR count). The predicted molar refractivity (Wildman–Crippen MR) is 43.3 cm³/mol. The molecule has 2 nitrogen and oxygen atoms in total. The van der Waals surface area contributed by atoms with E-state index in [1.807, 2.05) is 12.1 Å². The highest BCUT2D eigenvalue weighted by Crippen LogP contribution is 1.93. The van der Waals surface area contributed by atoms with Gasteiger partial charge in [0, 0.05) is 6.42 Å². The van der Waals surface area contributed by atoms with Gasteiger partial charge in [0.15, 0.2) is 0 Å². The summed E-state index contributed by atoms with van der Waals surface area (Å²) in [4.78, 5) is 0. The van der Waals surface area contributed by atoms with E-state index in [0.29, 0.717) is 4.64 Å². The molecule has 0 fully saturated rings. The standard InChI is InChI=1S/C7H8N2S/c1-2-3-6-4-5-7(10)9-8-6/h2,4-5H,1,3H2,(H,9,10). The van der Waals surface area contributed by atoms with Crippen LogP contribution in [0, 0.1) is 4.64 Å². The van der Waals surface area contributed by atoms with Crippen molar-refractivity contribution in [3.63, 3.8) is 0 Å². The minimum atomic E-state index is 0.660. The Morgan fingerprint density at radius 2 is 2.50 bits per heavy atom. The number of aromatic nitrogens is 2. The van der Waals surface area contributed by atoms with Crippen molar-refractivity contribution >= 4 is 12.2 Å². The number of nitrogens with zero attached hydrogens (tertiary/aromatic N) is 1. The van der Waals surface area contributed by atoms with Crippen LogP contribution in [0.3, 0.4) is 0 Å². The molecule has 0 saturated carbocycles. The van der Waals surface area contributed by atoms with Gasteiger partial charge in [0.2, 0.25) is 0 Å². The summed E-state index contributed by atoms with van der Waals surface area (Å²) in [5.41, 5.74) is 0.962. The zero-order chi connectivity index (χ0) is 7.40. The Morgan fingerprint density at radius 3 is 3.00 bits per heavy atom. The highest BCUT2D eigenvalue weighted by atomic mass is 32.1. The number of hydrogen-bond donors (Lipinski definition) is 1. The van der Waals surface area contributed by atoms with Gasteiger partial charge in [-0.25, -0.2) is 0 Å². The average molecular weight is 152 g/mol. The molecule has 0 aliphatic carbocycles. The second-order valence-electron chi connectivity index (χ2n) is 1.91. The fraction of sp³-hybridized carbons (Fsp3) is 0.143. The van der Waals surface area contributed by atoms with Gasteiger partial charge in [-0.3, -0.25) is 5.10 Å². The van der Waals surface area contributed by atoms with Crippen molar-refractivity contribution in [1.29, 1.82) is 0 Å². The second-order valence-corrected chi connectivity index (χ2v) is 2.35. The third-order valence-corrected chi connectivity index (χ3v) is 1.32. The summed E-state index contributed by atoms with van der Waals surface area (Å²) in [5.74, 6) is 0. The minimum absolute atomic E-state index is 0.660. The molecule has 0 saturated heterocycles. The van der Waals surface area contributed by atoms with Crippen LogP contribution in [-0.2, 0) is 6.42 Å². The zero-order valence-corrected chi connectivity index (χ0v) is 6.32. The molecule has 0 aliphatic rings. The maximum atomic E-state index is 4.81. The topological polar surface area (TPSA) is 28.7 Å². The van der Waals surface area contributed by atoms with Crippen molar-refractivity contribution in [3.8, 4) is 0 Å². The van der Waals surface area contributed by atoms with Gasteiger partial charge in [0.05, 0.1) is 5.69 Å². The summed E-state index contributed by atoms with van der Waals surface area (Å²) in [7, 11) is 0. The summed E-state index contributed by atoms with van der Waals surface area (Å²) in [6.45, 7) is 3.60. The lowest BCUT2D eigenvalue weighted by Crippen LogP contribution is -1.89. The number of aromatic amines is 1. The summed E-state index contributed by atoms with van der Waals surface area (Å²) >= 11 is 4.81. The minimum Gasteiger partial charge on any atom is -0.268 e. The van der Waals surface area contributed by atoms with Crippen molar-refractivity contribution < 1.29 is 0 Å². The van der Waals surface area contributed by atoms with E-state index in [1.54, 1.807) is 6.08 Å². The molecule has 0 spiro atoms. The van der Waals surface area contributed by atoms with Crippen molar-refractivity contribution in [2.45, 2.75) is 6.42 Å². The Kier molecular flexibility index (Phi) is 2.34. The van der Waals surface area contributed by atoms with Crippen LogP contribution < -0.4 is 0 Å². The molecule has 0 aliphatic heterocycles. The Bertz CT molecular complexity index is 257. The second kappa shape index (κ2) is 3.27. The van der Waals surface area contributed by atoms with Crippen molar-refractivity contribution in [2.75, 3.05) is 0 Å². The van der Waals surface area contributed by atoms with Gasteiger partial charge >= 0.3 is 0 Å². The van der Waals surface area contributed by atoms with E-state index in [1.165, 1.54) is 0 Å². The molecule has 0 radical (unpaired) electrons. The smallest absolute Gasteiger partial charge is 0.119 e. The molecular weight excluding hydrogens is 144 g/mol. The molecule has 0 aromatic carbocycles. The van der Waals surface area contributed by atoms with Gasteiger partial charge in [0.25, 0.3) is 0 Å². The Morgan fingerprint density at radius 1 is 1.70 bits per heavy atom. The van der Waals surface area contributed by atoms with E-state index in [0.717, 1.165) is 12.1 Å². The molecule has 0 atom stereocenters. The first kappa shape index (κ1) is 7.15. The van der Waals surface area contributed by atoms with Crippen molar-refractivity contribution in [1.82, 2.24) is 10.2 Å². The van der Waals surface area contributed by atoms with Gasteiger partial charge in [-0.2, -0.15) is 5.10 Å². The lowest BCUT2D eigenvalue weighted by atomic mass is 10.3. The summed E-state index contributed by atoms with van der Waals surface area (Å²) in [6, 6.07) is 3.71. The number of rotatable bonds is 2. The molecule has 10 heavy (non-hydrogen) atoms. The normalized spacial score (nSPS) is 9.20. The van der Waals surface area contributed by atoms with Crippen LogP contribution >= 0.6 is 12.2 Å². The molecule has 1 heterocycles. The number of allylic oxidation sites excluding steroid dienone is 1. The van der Waals surface area contributed by atoms with Gasteiger partial charge in [-0.05, 0) is 12.1 Å². The first-order chi connectivity index (χ1) is 4.83. The summed E-state index contributed by atoms with van der Waals surface area (Å²) in [6.07, 6.45) is 2.59. The third-order valence-electron chi connectivity index (χ3n) is 1.09. The van der Waals surface area contributed by atoms with Crippen molar-refractivity contribution in [2.24, 2.45) is 0 Å². The lowest BCUT2D eigenvalue weighted by Gasteiger charge is -1.91. The quantitative estimate of drug-likeness (QED) is 0.517. The van der Waals surface area contributed by atoms with Crippen LogP contribution in [0.5, 0.6) is 0 Å². The molecule has 1 N–H and O–H groups in total. The Hall–Kier alpha value is -0.960. The maximum Gasteiger partial charge on any atom is 0.119 e. The van der Waals surface area contributed by atoms with Gasteiger partial charge in [0.1, 0.15) is 4.64 Å². The van der Waals surface area contributed by atoms with Gasteiger partial charge in [-0.15, -0.1) is 6.58 Å². The maximum absolute atomic E-state index is 4.81. The molecule has 0 bridgehead atoms. The molecule has 1 aromatic heterocycles. The van der Waals surface area contributed by atoms with E-state index >= 15 is 0 Å². The molecule has 0 unspecified atom stereocenters. The first-order valence-electron chi connectivity index (χ1n) is 2.98. The molecular formula is C7H8N2S. The molecule has 52 valence electrons. The summed E-state index contributed by atoms with van der Waals surface area (Å²) in [5, 5.41) is 6.67. The molecule has 1 aromatic rings. The van der Waals surface area contributed by atoms with E-state index in [-0.39, 0.29) is 0 Å². The highest BCUT2D eigenvalue weighted by molar-refractivity contribution is 7.71.